The zero-order valence-corrected chi connectivity index (χ0v) is 21.9. The van der Waals surface area contributed by atoms with E-state index in [9.17, 15) is 18.0 Å². The van der Waals surface area contributed by atoms with Crippen molar-refractivity contribution in [1.29, 1.82) is 0 Å². The first-order valence-corrected chi connectivity index (χ1v) is 12.4. The molecular weight excluding hydrogens is 501 g/mol. The zero-order chi connectivity index (χ0) is 26.9. The van der Waals surface area contributed by atoms with Crippen molar-refractivity contribution in [2.75, 3.05) is 13.1 Å². The Labute approximate surface area is 219 Å². The van der Waals surface area contributed by atoms with Crippen LogP contribution in [-0.4, -0.2) is 28.6 Å². The Morgan fingerprint density at radius 2 is 1.65 bits per heavy atom. The molecule has 0 radical (unpaired) electrons. The molecule has 8 heteroatoms. The minimum absolute atomic E-state index is 0.150. The van der Waals surface area contributed by atoms with Gasteiger partial charge in [-0.05, 0) is 75.2 Å². The van der Waals surface area contributed by atoms with E-state index in [0.29, 0.717) is 24.4 Å². The summed E-state index contributed by atoms with van der Waals surface area (Å²) >= 11 is 6.27. The summed E-state index contributed by atoms with van der Waals surface area (Å²) in [4.78, 5) is 14.4. The van der Waals surface area contributed by atoms with Crippen LogP contribution in [0.2, 0.25) is 5.02 Å². The minimum atomic E-state index is -4.46. The summed E-state index contributed by atoms with van der Waals surface area (Å²) in [6, 6.07) is 14.9. The number of benzene rings is 3. The van der Waals surface area contributed by atoms with Gasteiger partial charge in [0.1, 0.15) is 5.75 Å². The molecule has 0 aliphatic heterocycles. The molecule has 0 saturated heterocycles. The van der Waals surface area contributed by atoms with Gasteiger partial charge < -0.3 is 14.2 Å². The van der Waals surface area contributed by atoms with E-state index in [2.05, 4.69) is 6.07 Å². The van der Waals surface area contributed by atoms with Crippen molar-refractivity contribution in [3.8, 4) is 16.9 Å². The van der Waals surface area contributed by atoms with Gasteiger partial charge in [-0.2, -0.15) is 13.2 Å². The molecule has 0 unspecified atom stereocenters. The third kappa shape index (κ3) is 5.62. The van der Waals surface area contributed by atoms with Gasteiger partial charge in [0.05, 0.1) is 5.56 Å². The summed E-state index contributed by atoms with van der Waals surface area (Å²) in [6.45, 7) is 8.96. The smallest absolute Gasteiger partial charge is 0.410 e. The molecule has 0 aliphatic carbocycles. The van der Waals surface area contributed by atoms with Crippen LogP contribution in [0.15, 0.2) is 60.8 Å². The predicted octanol–water partition coefficient (Wildman–Crippen LogP) is 8.49. The molecule has 0 fully saturated rings. The molecule has 3 aromatic carbocycles. The molecule has 4 aromatic rings. The number of aryl methyl sites for hydroxylation is 2. The van der Waals surface area contributed by atoms with Crippen LogP contribution >= 0.6 is 11.6 Å². The lowest BCUT2D eigenvalue weighted by atomic mass is 9.97. The molecule has 194 valence electrons. The Morgan fingerprint density at radius 1 is 0.973 bits per heavy atom. The quantitative estimate of drug-likeness (QED) is 0.251. The first-order chi connectivity index (χ1) is 17.5. The van der Waals surface area contributed by atoms with Gasteiger partial charge in [0.25, 0.3) is 0 Å². The van der Waals surface area contributed by atoms with Crippen LogP contribution in [-0.2, 0) is 12.7 Å². The lowest BCUT2D eigenvalue weighted by molar-refractivity contribution is -0.137. The highest BCUT2D eigenvalue weighted by molar-refractivity contribution is 6.31. The number of hydrogen-bond acceptors (Lipinski definition) is 2. The molecule has 0 bridgehead atoms. The van der Waals surface area contributed by atoms with Gasteiger partial charge in [-0.15, -0.1) is 0 Å². The molecule has 37 heavy (non-hydrogen) atoms. The molecule has 1 heterocycles. The van der Waals surface area contributed by atoms with Crippen molar-refractivity contribution in [1.82, 2.24) is 9.47 Å². The van der Waals surface area contributed by atoms with Gasteiger partial charge >= 0.3 is 12.3 Å². The number of aromatic nitrogens is 1. The average Bonchev–Trinajstić information content (AvgIpc) is 3.22. The Morgan fingerprint density at radius 3 is 2.27 bits per heavy atom. The van der Waals surface area contributed by atoms with E-state index < -0.39 is 17.8 Å². The second kappa shape index (κ2) is 10.5. The van der Waals surface area contributed by atoms with E-state index >= 15 is 0 Å². The highest BCUT2D eigenvalue weighted by Gasteiger charge is 2.31. The molecule has 0 atom stereocenters. The third-order valence-electron chi connectivity index (χ3n) is 6.36. The fourth-order valence-electron chi connectivity index (χ4n) is 4.59. The van der Waals surface area contributed by atoms with E-state index in [0.717, 1.165) is 45.3 Å². The van der Waals surface area contributed by atoms with E-state index in [4.69, 9.17) is 16.3 Å². The molecule has 0 spiro atoms. The Hall–Kier alpha value is -3.45. The highest BCUT2D eigenvalue weighted by atomic mass is 35.5. The zero-order valence-electron chi connectivity index (χ0n) is 21.1. The summed E-state index contributed by atoms with van der Waals surface area (Å²) in [5.41, 5.74) is 4.15. The van der Waals surface area contributed by atoms with Crippen molar-refractivity contribution in [2.24, 2.45) is 0 Å². The predicted molar refractivity (Wildman–Crippen MR) is 141 cm³/mol. The minimum Gasteiger partial charge on any atom is -0.410 e. The number of carbonyl (C=O) groups is 1. The number of nitrogens with zero attached hydrogens (tertiary/aromatic N) is 2. The van der Waals surface area contributed by atoms with Gasteiger partial charge in [0.15, 0.2) is 0 Å². The van der Waals surface area contributed by atoms with Crippen LogP contribution in [0.1, 0.15) is 36.1 Å². The van der Waals surface area contributed by atoms with Crippen molar-refractivity contribution in [2.45, 2.75) is 40.4 Å². The van der Waals surface area contributed by atoms with Crippen molar-refractivity contribution in [3.63, 3.8) is 0 Å². The lowest BCUT2D eigenvalue weighted by Crippen LogP contribution is -2.33. The number of fused-ring (bicyclic) bond motifs is 1. The molecular formula is C29H28ClF3N2O2. The first-order valence-electron chi connectivity index (χ1n) is 12.0. The SMILES string of the molecule is CCN(CC)C(=O)Oc1ccc2c(ccn2Cc2cc(C(F)(F)F)ccc2Cl)c1-c1cc(C)cc(C)c1. The molecule has 0 aliphatic rings. The van der Waals surface area contributed by atoms with Crippen LogP contribution in [0.5, 0.6) is 5.75 Å². The lowest BCUT2D eigenvalue weighted by Gasteiger charge is -2.20. The summed E-state index contributed by atoms with van der Waals surface area (Å²) in [5.74, 6) is 0.421. The maximum atomic E-state index is 13.3. The van der Waals surface area contributed by atoms with Crippen molar-refractivity contribution < 1.29 is 22.7 Å². The summed E-state index contributed by atoms with van der Waals surface area (Å²) in [6.07, 6.45) is -3.09. The van der Waals surface area contributed by atoms with Gasteiger partial charge in [-0.1, -0.05) is 40.9 Å². The first kappa shape index (κ1) is 26.6. The number of alkyl halides is 3. The Bertz CT molecular complexity index is 1440. The monoisotopic (exact) mass is 528 g/mol. The second-order valence-corrected chi connectivity index (χ2v) is 9.44. The third-order valence-corrected chi connectivity index (χ3v) is 6.73. The molecule has 4 nitrogen and oxygen atoms in total. The second-order valence-electron chi connectivity index (χ2n) is 9.04. The highest BCUT2D eigenvalue weighted by Crippen LogP contribution is 2.39. The summed E-state index contributed by atoms with van der Waals surface area (Å²) in [5, 5.41) is 1.08. The Kier molecular flexibility index (Phi) is 7.55. The molecule has 0 N–H and O–H groups in total. The van der Waals surface area contributed by atoms with Gasteiger partial charge in [-0.25, -0.2) is 4.79 Å². The summed E-state index contributed by atoms with van der Waals surface area (Å²) < 4.78 is 47.6. The van der Waals surface area contributed by atoms with Crippen molar-refractivity contribution >= 4 is 28.6 Å². The van der Waals surface area contributed by atoms with E-state index in [1.54, 1.807) is 11.0 Å². The van der Waals surface area contributed by atoms with Gasteiger partial charge in [0.2, 0.25) is 0 Å². The number of carbonyl (C=O) groups excluding carboxylic acids is 1. The number of halogens is 4. The number of hydrogen-bond donors (Lipinski definition) is 0. The molecule has 0 saturated carbocycles. The number of amides is 1. The van der Waals surface area contributed by atoms with Crippen LogP contribution in [0, 0.1) is 13.8 Å². The maximum Gasteiger partial charge on any atom is 0.416 e. The largest absolute Gasteiger partial charge is 0.416 e. The van der Waals surface area contributed by atoms with E-state index in [-0.39, 0.29) is 11.6 Å². The van der Waals surface area contributed by atoms with E-state index in [1.807, 2.05) is 62.7 Å². The molecule has 4 rings (SSSR count). The van der Waals surface area contributed by atoms with Gasteiger partial charge in [-0.3, -0.25) is 0 Å². The van der Waals surface area contributed by atoms with Gasteiger partial charge in [0, 0.05) is 47.3 Å². The fraction of sp³-hybridized carbons (Fsp3) is 0.276. The molecule has 1 amide bonds. The molecule has 1 aromatic heterocycles. The summed E-state index contributed by atoms with van der Waals surface area (Å²) in [7, 11) is 0. The van der Waals surface area contributed by atoms with Crippen LogP contribution < -0.4 is 4.74 Å². The van der Waals surface area contributed by atoms with Crippen LogP contribution in [0.4, 0.5) is 18.0 Å². The van der Waals surface area contributed by atoms with Crippen molar-refractivity contribution in [3.05, 3.63) is 88.1 Å². The Balaban J connectivity index is 1.84. The average molecular weight is 529 g/mol. The fourth-order valence-corrected chi connectivity index (χ4v) is 4.77. The van der Waals surface area contributed by atoms with Crippen LogP contribution in [0.3, 0.4) is 0 Å². The standard InChI is InChI=1S/C29H28ClF3N2O2/c1-5-34(6-2)28(36)37-26-10-9-25-23(27(26)20-14-18(3)13-19(4)15-20)11-12-35(25)17-21-16-22(29(31,32)33)7-8-24(21)30/h7-16H,5-6,17H2,1-4H3. The van der Waals surface area contributed by atoms with E-state index in [1.165, 1.54) is 6.07 Å². The topological polar surface area (TPSA) is 34.5 Å². The number of ether oxygens (including phenoxy) is 1. The number of rotatable bonds is 6. The maximum absolute atomic E-state index is 13.3. The normalized spacial score (nSPS) is 11.7. The van der Waals surface area contributed by atoms with Crippen LogP contribution in [0.25, 0.3) is 22.0 Å².